The summed E-state index contributed by atoms with van der Waals surface area (Å²) in [6.07, 6.45) is 0. The van der Waals surface area contributed by atoms with Crippen LogP contribution in [0, 0.1) is 27.7 Å². The molecular formula is C16H19N3OS. The van der Waals surface area contributed by atoms with E-state index < -0.39 is 0 Å². The third kappa shape index (κ3) is 4.56. The molecule has 0 saturated heterocycles. The predicted octanol–water partition coefficient (Wildman–Crippen LogP) is 3.44. The van der Waals surface area contributed by atoms with Crippen molar-refractivity contribution in [3.05, 3.63) is 46.9 Å². The largest absolute Gasteiger partial charge is 0.325 e. The third-order valence-electron chi connectivity index (χ3n) is 3.08. The number of thioether (sulfide) groups is 1. The van der Waals surface area contributed by atoms with E-state index in [0.29, 0.717) is 5.75 Å². The highest BCUT2D eigenvalue weighted by atomic mass is 32.2. The van der Waals surface area contributed by atoms with Crippen LogP contribution < -0.4 is 5.32 Å². The molecule has 1 N–H and O–H groups in total. The number of benzene rings is 1. The molecule has 1 aromatic heterocycles. The Balaban J connectivity index is 1.94. The third-order valence-corrected chi connectivity index (χ3v) is 4.00. The smallest absolute Gasteiger partial charge is 0.234 e. The summed E-state index contributed by atoms with van der Waals surface area (Å²) in [5.41, 5.74) is 4.13. The van der Waals surface area contributed by atoms with E-state index in [1.165, 1.54) is 22.9 Å². The summed E-state index contributed by atoms with van der Waals surface area (Å²) in [6.45, 7) is 7.86. The molecule has 0 fully saturated rings. The molecule has 1 heterocycles. The molecule has 1 aromatic carbocycles. The SMILES string of the molecule is Cc1cc(SCC(=O)Nc2ccc(C)c(C)c2)nc(C)n1. The second kappa shape index (κ2) is 6.72. The molecule has 1 amide bonds. The van der Waals surface area contributed by atoms with E-state index in [1.54, 1.807) is 0 Å². The van der Waals surface area contributed by atoms with Crippen molar-refractivity contribution in [3.8, 4) is 0 Å². The van der Waals surface area contributed by atoms with Crippen LogP contribution in [0.2, 0.25) is 0 Å². The minimum absolute atomic E-state index is 0.0304. The van der Waals surface area contributed by atoms with Crippen molar-refractivity contribution in [1.29, 1.82) is 0 Å². The van der Waals surface area contributed by atoms with Crippen LogP contribution in [0.15, 0.2) is 29.3 Å². The number of carbonyl (C=O) groups is 1. The number of hydrogen-bond acceptors (Lipinski definition) is 4. The van der Waals surface area contributed by atoms with E-state index in [0.717, 1.165) is 22.2 Å². The van der Waals surface area contributed by atoms with Crippen LogP contribution in [-0.2, 0) is 4.79 Å². The summed E-state index contributed by atoms with van der Waals surface area (Å²) >= 11 is 1.42. The molecule has 4 nitrogen and oxygen atoms in total. The van der Waals surface area contributed by atoms with Gasteiger partial charge in [0, 0.05) is 11.4 Å². The zero-order valence-electron chi connectivity index (χ0n) is 12.7. The molecule has 0 aliphatic rings. The van der Waals surface area contributed by atoms with E-state index in [2.05, 4.69) is 22.2 Å². The van der Waals surface area contributed by atoms with Crippen LogP contribution in [0.5, 0.6) is 0 Å². The Bertz CT molecular complexity index is 650. The lowest BCUT2D eigenvalue weighted by atomic mass is 10.1. The molecule has 5 heteroatoms. The van der Waals surface area contributed by atoms with Crippen molar-refractivity contribution in [2.24, 2.45) is 0 Å². The van der Waals surface area contributed by atoms with Gasteiger partial charge in [0.2, 0.25) is 5.91 Å². The number of nitrogens with one attached hydrogen (secondary N) is 1. The Morgan fingerprint density at radius 1 is 1.10 bits per heavy atom. The lowest BCUT2D eigenvalue weighted by Gasteiger charge is -2.08. The molecule has 0 spiro atoms. The molecule has 0 saturated carbocycles. The standard InChI is InChI=1S/C16H19N3OS/c1-10-5-6-14(7-11(10)2)19-15(20)9-21-16-8-12(3)17-13(4)18-16/h5-8H,9H2,1-4H3,(H,19,20). The van der Waals surface area contributed by atoms with Crippen LogP contribution in [0.4, 0.5) is 5.69 Å². The van der Waals surface area contributed by atoms with Crippen LogP contribution >= 0.6 is 11.8 Å². The lowest BCUT2D eigenvalue weighted by molar-refractivity contribution is -0.113. The fourth-order valence-corrected chi connectivity index (χ4v) is 2.71. The highest BCUT2D eigenvalue weighted by Gasteiger charge is 2.06. The van der Waals surface area contributed by atoms with Crippen LogP contribution in [0.25, 0.3) is 0 Å². The number of aromatic nitrogens is 2. The summed E-state index contributed by atoms with van der Waals surface area (Å²) in [4.78, 5) is 20.5. The molecule has 0 atom stereocenters. The molecule has 2 aromatic rings. The van der Waals surface area contributed by atoms with E-state index in [-0.39, 0.29) is 5.91 Å². The van der Waals surface area contributed by atoms with Crippen LogP contribution in [0.3, 0.4) is 0 Å². The highest BCUT2D eigenvalue weighted by molar-refractivity contribution is 7.99. The van der Waals surface area contributed by atoms with Gasteiger partial charge in [0.15, 0.2) is 0 Å². The Morgan fingerprint density at radius 2 is 1.86 bits per heavy atom. The average Bonchev–Trinajstić information content (AvgIpc) is 2.40. The van der Waals surface area contributed by atoms with E-state index in [1.807, 2.05) is 45.0 Å². The number of rotatable bonds is 4. The maximum Gasteiger partial charge on any atom is 0.234 e. The van der Waals surface area contributed by atoms with Gasteiger partial charge in [0.25, 0.3) is 0 Å². The van der Waals surface area contributed by atoms with Crippen LogP contribution in [-0.4, -0.2) is 21.6 Å². The molecule has 21 heavy (non-hydrogen) atoms. The zero-order valence-corrected chi connectivity index (χ0v) is 13.5. The van der Waals surface area contributed by atoms with Gasteiger partial charge in [-0.25, -0.2) is 9.97 Å². The fraction of sp³-hybridized carbons (Fsp3) is 0.312. The number of anilines is 1. The van der Waals surface area contributed by atoms with Crippen molar-refractivity contribution >= 4 is 23.4 Å². The Kier molecular flexibility index (Phi) is 4.96. The zero-order chi connectivity index (χ0) is 15.4. The molecule has 0 unspecified atom stereocenters. The highest BCUT2D eigenvalue weighted by Crippen LogP contribution is 2.18. The summed E-state index contributed by atoms with van der Waals surface area (Å²) in [5.74, 6) is 1.03. The maximum absolute atomic E-state index is 12.0. The number of hydrogen-bond donors (Lipinski definition) is 1. The molecule has 0 bridgehead atoms. The first-order chi connectivity index (χ1) is 9.94. The number of aryl methyl sites for hydroxylation is 4. The summed E-state index contributed by atoms with van der Waals surface area (Å²) in [5, 5.41) is 3.74. The van der Waals surface area contributed by atoms with Gasteiger partial charge < -0.3 is 5.32 Å². The van der Waals surface area contributed by atoms with Gasteiger partial charge in [0.05, 0.1) is 5.75 Å². The van der Waals surface area contributed by atoms with E-state index in [9.17, 15) is 4.79 Å². The summed E-state index contributed by atoms with van der Waals surface area (Å²) < 4.78 is 0. The first-order valence-corrected chi connectivity index (χ1v) is 7.75. The number of carbonyl (C=O) groups excluding carboxylic acids is 1. The fourth-order valence-electron chi connectivity index (χ4n) is 1.91. The number of amides is 1. The minimum Gasteiger partial charge on any atom is -0.325 e. The summed E-state index contributed by atoms with van der Waals surface area (Å²) in [7, 11) is 0. The van der Waals surface area contributed by atoms with Gasteiger partial charge in [-0.3, -0.25) is 4.79 Å². The molecular weight excluding hydrogens is 282 g/mol. The normalized spacial score (nSPS) is 10.5. The van der Waals surface area contributed by atoms with Gasteiger partial charge >= 0.3 is 0 Å². The van der Waals surface area contributed by atoms with Crippen molar-refractivity contribution in [2.45, 2.75) is 32.7 Å². The second-order valence-electron chi connectivity index (χ2n) is 5.03. The van der Waals surface area contributed by atoms with Gasteiger partial charge in [-0.05, 0) is 57.0 Å². The van der Waals surface area contributed by atoms with Crippen molar-refractivity contribution < 1.29 is 4.79 Å². The lowest BCUT2D eigenvalue weighted by Crippen LogP contribution is -2.14. The topological polar surface area (TPSA) is 54.9 Å². The number of nitrogens with zero attached hydrogens (tertiary/aromatic N) is 2. The van der Waals surface area contributed by atoms with Crippen LogP contribution in [0.1, 0.15) is 22.6 Å². The Hall–Kier alpha value is -1.88. The molecule has 110 valence electrons. The average molecular weight is 301 g/mol. The monoisotopic (exact) mass is 301 g/mol. The summed E-state index contributed by atoms with van der Waals surface area (Å²) in [6, 6.07) is 7.80. The first kappa shape index (κ1) is 15.5. The Labute approximate surface area is 129 Å². The Morgan fingerprint density at radius 3 is 2.52 bits per heavy atom. The maximum atomic E-state index is 12.0. The van der Waals surface area contributed by atoms with E-state index >= 15 is 0 Å². The molecule has 0 radical (unpaired) electrons. The van der Waals surface area contributed by atoms with Crippen molar-refractivity contribution in [2.75, 3.05) is 11.1 Å². The van der Waals surface area contributed by atoms with Crippen molar-refractivity contribution in [3.63, 3.8) is 0 Å². The van der Waals surface area contributed by atoms with Gasteiger partial charge in [-0.15, -0.1) is 0 Å². The molecule has 0 aliphatic carbocycles. The second-order valence-corrected chi connectivity index (χ2v) is 6.03. The van der Waals surface area contributed by atoms with Gasteiger partial charge in [-0.2, -0.15) is 0 Å². The first-order valence-electron chi connectivity index (χ1n) is 6.76. The quantitative estimate of drug-likeness (QED) is 0.694. The van der Waals surface area contributed by atoms with E-state index in [4.69, 9.17) is 0 Å². The van der Waals surface area contributed by atoms with Gasteiger partial charge in [-0.1, -0.05) is 17.8 Å². The van der Waals surface area contributed by atoms with Gasteiger partial charge in [0.1, 0.15) is 10.9 Å². The van der Waals surface area contributed by atoms with Crippen molar-refractivity contribution in [1.82, 2.24) is 9.97 Å². The minimum atomic E-state index is -0.0304. The molecule has 2 rings (SSSR count). The predicted molar refractivity (Wildman–Crippen MR) is 86.8 cm³/mol. The molecule has 0 aliphatic heterocycles.